The molecule has 1 heteroatoms. The highest BCUT2D eigenvalue weighted by Gasteiger charge is 2.19. The van der Waals surface area contributed by atoms with E-state index in [-0.39, 0.29) is 5.41 Å². The molecule has 0 aromatic heterocycles. The summed E-state index contributed by atoms with van der Waals surface area (Å²) < 4.78 is 0. The number of nitrogen functional groups attached to an aromatic ring is 1. The Morgan fingerprint density at radius 2 is 1.24 bits per heavy atom. The van der Waals surface area contributed by atoms with Crippen molar-refractivity contribution < 1.29 is 0 Å². The van der Waals surface area contributed by atoms with Crippen LogP contribution in [-0.2, 0) is 5.41 Å². The van der Waals surface area contributed by atoms with Crippen molar-refractivity contribution in [2.45, 2.75) is 65.7 Å². The fourth-order valence-electron chi connectivity index (χ4n) is 2.09. The summed E-state index contributed by atoms with van der Waals surface area (Å²) in [6.45, 7) is 15.6. The topological polar surface area (TPSA) is 26.0 Å². The molecule has 1 nitrogen and oxygen atoms in total. The van der Waals surface area contributed by atoms with E-state index in [2.05, 4.69) is 60.6 Å². The molecule has 1 rings (SSSR count). The Morgan fingerprint density at radius 3 is 1.47 bits per heavy atom. The van der Waals surface area contributed by atoms with Crippen molar-refractivity contribution in [2.24, 2.45) is 0 Å². The van der Waals surface area contributed by atoms with Crippen molar-refractivity contribution in [2.75, 3.05) is 5.73 Å². The molecule has 0 spiro atoms. The fourth-order valence-corrected chi connectivity index (χ4v) is 2.09. The zero-order valence-electron chi connectivity index (χ0n) is 12.4. The van der Waals surface area contributed by atoms with Gasteiger partial charge in [-0.15, -0.1) is 0 Å². The summed E-state index contributed by atoms with van der Waals surface area (Å²) in [5.74, 6) is 0.963. The molecule has 0 aliphatic rings. The Morgan fingerprint density at radius 1 is 0.882 bits per heavy atom. The summed E-state index contributed by atoms with van der Waals surface area (Å²) in [6.07, 6.45) is 0. The molecule has 0 fully saturated rings. The van der Waals surface area contributed by atoms with E-state index in [9.17, 15) is 0 Å². The van der Waals surface area contributed by atoms with Crippen molar-refractivity contribution in [3.63, 3.8) is 0 Å². The maximum absolute atomic E-state index is 6.30. The highest BCUT2D eigenvalue weighted by atomic mass is 14.6. The predicted molar refractivity (Wildman–Crippen MR) is 77.7 cm³/mol. The minimum atomic E-state index is 0.182. The molecule has 0 heterocycles. The van der Waals surface area contributed by atoms with Gasteiger partial charge in [-0.3, -0.25) is 0 Å². The van der Waals surface area contributed by atoms with Crippen LogP contribution in [0, 0.1) is 0 Å². The van der Waals surface area contributed by atoms with E-state index in [1.165, 1.54) is 16.7 Å². The molecule has 0 unspecified atom stereocenters. The smallest absolute Gasteiger partial charge is 0.0384 e. The van der Waals surface area contributed by atoms with E-state index in [4.69, 9.17) is 5.73 Å². The monoisotopic (exact) mass is 233 g/mol. The highest BCUT2D eigenvalue weighted by molar-refractivity contribution is 5.59. The maximum Gasteiger partial charge on any atom is 0.0384 e. The van der Waals surface area contributed by atoms with Crippen LogP contribution < -0.4 is 5.73 Å². The number of hydrogen-bond acceptors (Lipinski definition) is 1. The molecule has 1 aromatic rings. The molecule has 0 atom stereocenters. The molecule has 2 N–H and O–H groups in total. The first kappa shape index (κ1) is 14.1. The third kappa shape index (κ3) is 3.02. The average molecular weight is 233 g/mol. The number of nitrogens with two attached hydrogens (primary N) is 1. The lowest BCUT2D eigenvalue weighted by molar-refractivity contribution is 0.587. The lowest BCUT2D eigenvalue weighted by atomic mass is 9.81. The number of hydrogen-bond donors (Lipinski definition) is 1. The molecule has 1 aromatic carbocycles. The first-order valence-corrected chi connectivity index (χ1v) is 6.58. The molecular formula is C16H27N. The third-order valence-electron chi connectivity index (χ3n) is 3.35. The summed E-state index contributed by atoms with van der Waals surface area (Å²) >= 11 is 0. The largest absolute Gasteiger partial charge is 0.398 e. The van der Waals surface area contributed by atoms with Gasteiger partial charge in [0, 0.05) is 5.69 Å². The van der Waals surface area contributed by atoms with Crippen molar-refractivity contribution in [1.29, 1.82) is 0 Å². The maximum atomic E-state index is 6.30. The molecular weight excluding hydrogens is 206 g/mol. The van der Waals surface area contributed by atoms with Crippen LogP contribution >= 0.6 is 0 Å². The average Bonchev–Trinajstić information content (AvgIpc) is 2.14. The standard InChI is InChI=1S/C16H27N/c1-10(2)13-8-12(16(5,6)7)9-14(11(3)4)15(13)17/h8-11H,17H2,1-7H3. The molecule has 96 valence electrons. The lowest BCUT2D eigenvalue weighted by Gasteiger charge is -2.25. The number of anilines is 1. The molecule has 0 aliphatic heterocycles. The van der Waals surface area contributed by atoms with Crippen LogP contribution in [0.3, 0.4) is 0 Å². The van der Waals surface area contributed by atoms with Gasteiger partial charge in [-0.25, -0.2) is 0 Å². The highest BCUT2D eigenvalue weighted by Crippen LogP contribution is 2.35. The second-order valence-corrected chi connectivity index (χ2v) is 6.63. The summed E-state index contributed by atoms with van der Waals surface area (Å²) in [6, 6.07) is 4.57. The van der Waals surface area contributed by atoms with Gasteiger partial charge in [0.2, 0.25) is 0 Å². The van der Waals surface area contributed by atoms with Gasteiger partial charge in [0.05, 0.1) is 0 Å². The quantitative estimate of drug-likeness (QED) is 0.729. The van der Waals surface area contributed by atoms with E-state index in [1.54, 1.807) is 0 Å². The summed E-state index contributed by atoms with van der Waals surface area (Å²) in [5.41, 5.74) is 11.4. The van der Waals surface area contributed by atoms with Crippen molar-refractivity contribution in [3.05, 3.63) is 28.8 Å². The first-order valence-electron chi connectivity index (χ1n) is 6.58. The Kier molecular flexibility index (Phi) is 3.91. The number of rotatable bonds is 2. The third-order valence-corrected chi connectivity index (χ3v) is 3.35. The van der Waals surface area contributed by atoms with E-state index in [0.29, 0.717) is 11.8 Å². The second-order valence-electron chi connectivity index (χ2n) is 6.63. The summed E-state index contributed by atoms with van der Waals surface area (Å²) in [7, 11) is 0. The predicted octanol–water partition coefficient (Wildman–Crippen LogP) is 4.81. The SMILES string of the molecule is CC(C)c1cc(C(C)(C)C)cc(C(C)C)c1N. The van der Waals surface area contributed by atoms with Gasteiger partial charge >= 0.3 is 0 Å². The minimum Gasteiger partial charge on any atom is -0.398 e. The van der Waals surface area contributed by atoms with E-state index >= 15 is 0 Å². The Bertz CT molecular complexity index is 365. The van der Waals surface area contributed by atoms with Crippen molar-refractivity contribution in [1.82, 2.24) is 0 Å². The summed E-state index contributed by atoms with van der Waals surface area (Å²) in [5, 5.41) is 0. The number of benzene rings is 1. The molecule has 0 saturated heterocycles. The van der Waals surface area contributed by atoms with Gasteiger partial charge in [-0.05, 0) is 33.9 Å². The minimum absolute atomic E-state index is 0.182. The van der Waals surface area contributed by atoms with Crippen LogP contribution in [0.15, 0.2) is 12.1 Å². The summed E-state index contributed by atoms with van der Waals surface area (Å²) in [4.78, 5) is 0. The van der Waals surface area contributed by atoms with Crippen molar-refractivity contribution >= 4 is 5.69 Å². The molecule has 17 heavy (non-hydrogen) atoms. The zero-order chi connectivity index (χ0) is 13.4. The van der Waals surface area contributed by atoms with Gasteiger partial charge in [0.1, 0.15) is 0 Å². The van der Waals surface area contributed by atoms with Gasteiger partial charge in [-0.1, -0.05) is 60.6 Å². The van der Waals surface area contributed by atoms with E-state index in [1.807, 2.05) is 0 Å². The molecule has 0 bridgehead atoms. The molecule has 0 saturated carbocycles. The van der Waals surface area contributed by atoms with Crippen LogP contribution in [0.4, 0.5) is 5.69 Å². The van der Waals surface area contributed by atoms with Crippen LogP contribution in [0.25, 0.3) is 0 Å². The first-order chi connectivity index (χ1) is 7.64. The Hall–Kier alpha value is -0.980. The van der Waals surface area contributed by atoms with Crippen LogP contribution in [-0.4, -0.2) is 0 Å². The van der Waals surface area contributed by atoms with Gasteiger partial charge in [-0.2, -0.15) is 0 Å². The van der Waals surface area contributed by atoms with Crippen molar-refractivity contribution in [3.8, 4) is 0 Å². The van der Waals surface area contributed by atoms with Crippen LogP contribution in [0.1, 0.15) is 77.0 Å². The van der Waals surface area contributed by atoms with Crippen LogP contribution in [0.2, 0.25) is 0 Å². The van der Waals surface area contributed by atoms with Crippen LogP contribution in [0.5, 0.6) is 0 Å². The van der Waals surface area contributed by atoms with E-state index in [0.717, 1.165) is 5.69 Å². The Balaban J connectivity index is 3.48. The van der Waals surface area contributed by atoms with Gasteiger partial charge in [0.15, 0.2) is 0 Å². The van der Waals surface area contributed by atoms with Gasteiger partial charge < -0.3 is 5.73 Å². The molecule has 0 aliphatic carbocycles. The molecule has 0 radical (unpaired) electrons. The molecule has 0 amide bonds. The fraction of sp³-hybridized carbons (Fsp3) is 0.625. The lowest BCUT2D eigenvalue weighted by Crippen LogP contribution is -2.14. The normalized spacial score (nSPS) is 12.5. The van der Waals surface area contributed by atoms with E-state index < -0.39 is 0 Å². The van der Waals surface area contributed by atoms with Gasteiger partial charge in [0.25, 0.3) is 0 Å². The Labute approximate surface area is 106 Å². The zero-order valence-corrected chi connectivity index (χ0v) is 12.4. The second kappa shape index (κ2) is 4.72.